The van der Waals surface area contributed by atoms with Crippen LogP contribution in [-0.2, 0) is 16.0 Å². The summed E-state index contributed by atoms with van der Waals surface area (Å²) in [5, 5.41) is 5.83. The van der Waals surface area contributed by atoms with Crippen molar-refractivity contribution in [2.24, 2.45) is 0 Å². The molecule has 7 heteroatoms. The van der Waals surface area contributed by atoms with Crippen molar-refractivity contribution in [3.63, 3.8) is 0 Å². The van der Waals surface area contributed by atoms with Gasteiger partial charge in [0, 0.05) is 37.6 Å². The number of anilines is 2. The minimum atomic E-state index is -0.334. The SMILES string of the molecule is CCc1ccccc1NC(=O)CN1CCN([C@@H](C)C(=O)Nc2ccc(F)cc2)CC1. The van der Waals surface area contributed by atoms with Crippen LogP contribution < -0.4 is 10.6 Å². The summed E-state index contributed by atoms with van der Waals surface area (Å²) < 4.78 is 13.0. The lowest BCUT2D eigenvalue weighted by molar-refractivity contribution is -0.122. The molecule has 0 aliphatic carbocycles. The van der Waals surface area contributed by atoms with Gasteiger partial charge in [-0.05, 0) is 49.2 Å². The summed E-state index contributed by atoms with van der Waals surface area (Å²) in [4.78, 5) is 29.1. The largest absolute Gasteiger partial charge is 0.325 e. The molecule has 1 heterocycles. The van der Waals surface area contributed by atoms with E-state index in [0.717, 1.165) is 30.8 Å². The number of aryl methyl sites for hydroxylation is 1. The Morgan fingerprint density at radius 2 is 1.67 bits per heavy atom. The molecule has 0 aromatic heterocycles. The predicted molar refractivity (Wildman–Crippen MR) is 117 cm³/mol. The Bertz CT molecular complexity index is 864. The second-order valence-corrected chi connectivity index (χ2v) is 7.54. The van der Waals surface area contributed by atoms with Crippen molar-refractivity contribution in [2.75, 3.05) is 43.4 Å². The number of hydrogen-bond donors (Lipinski definition) is 2. The standard InChI is InChI=1S/C23H29FN4O2/c1-3-18-6-4-5-7-21(18)26-22(29)16-27-12-14-28(15-13-27)17(2)23(30)25-20-10-8-19(24)9-11-20/h4-11,17H,3,12-16H2,1-2H3,(H,25,30)(H,26,29)/t17-/m0/s1. The van der Waals surface area contributed by atoms with E-state index in [1.54, 1.807) is 12.1 Å². The highest BCUT2D eigenvalue weighted by atomic mass is 19.1. The molecule has 1 atom stereocenters. The third-order valence-electron chi connectivity index (χ3n) is 5.49. The Morgan fingerprint density at radius 1 is 1.00 bits per heavy atom. The molecular weight excluding hydrogens is 383 g/mol. The van der Waals surface area contributed by atoms with E-state index in [4.69, 9.17) is 0 Å². The highest BCUT2D eigenvalue weighted by molar-refractivity contribution is 5.94. The molecule has 2 amide bonds. The summed E-state index contributed by atoms with van der Waals surface area (Å²) in [5.74, 6) is -0.477. The fraction of sp³-hybridized carbons (Fsp3) is 0.391. The predicted octanol–water partition coefficient (Wildman–Crippen LogP) is 2.97. The highest BCUT2D eigenvalue weighted by Crippen LogP contribution is 2.16. The van der Waals surface area contributed by atoms with Gasteiger partial charge in [0.2, 0.25) is 11.8 Å². The van der Waals surface area contributed by atoms with Crippen LogP contribution in [0.5, 0.6) is 0 Å². The molecular formula is C23H29FN4O2. The first kappa shape index (κ1) is 21.9. The smallest absolute Gasteiger partial charge is 0.241 e. The molecule has 0 saturated carbocycles. The molecule has 1 aliphatic rings. The molecule has 3 rings (SSSR count). The van der Waals surface area contributed by atoms with Gasteiger partial charge < -0.3 is 10.6 Å². The average Bonchev–Trinajstić information content (AvgIpc) is 2.75. The third kappa shape index (κ3) is 5.87. The Morgan fingerprint density at radius 3 is 2.33 bits per heavy atom. The molecule has 2 aromatic carbocycles. The van der Waals surface area contributed by atoms with Gasteiger partial charge in [-0.1, -0.05) is 25.1 Å². The number of nitrogens with zero attached hydrogens (tertiary/aromatic N) is 2. The molecule has 0 radical (unpaired) electrons. The molecule has 1 saturated heterocycles. The molecule has 160 valence electrons. The Balaban J connectivity index is 1.45. The van der Waals surface area contributed by atoms with Gasteiger partial charge >= 0.3 is 0 Å². The van der Waals surface area contributed by atoms with E-state index in [0.29, 0.717) is 25.3 Å². The van der Waals surface area contributed by atoms with Gasteiger partial charge in [0.05, 0.1) is 12.6 Å². The maximum Gasteiger partial charge on any atom is 0.241 e. The van der Waals surface area contributed by atoms with Gasteiger partial charge in [-0.15, -0.1) is 0 Å². The molecule has 2 N–H and O–H groups in total. The summed E-state index contributed by atoms with van der Waals surface area (Å²) in [5.41, 5.74) is 2.57. The van der Waals surface area contributed by atoms with Gasteiger partial charge in [-0.3, -0.25) is 19.4 Å². The summed E-state index contributed by atoms with van der Waals surface area (Å²) in [6.07, 6.45) is 0.868. The highest BCUT2D eigenvalue weighted by Gasteiger charge is 2.26. The van der Waals surface area contributed by atoms with E-state index in [1.807, 2.05) is 31.2 Å². The van der Waals surface area contributed by atoms with Crippen molar-refractivity contribution in [3.05, 3.63) is 59.9 Å². The van der Waals surface area contributed by atoms with Crippen LogP contribution in [-0.4, -0.2) is 60.4 Å². The number of rotatable bonds is 7. The Labute approximate surface area is 177 Å². The van der Waals surface area contributed by atoms with E-state index in [1.165, 1.54) is 12.1 Å². The summed E-state index contributed by atoms with van der Waals surface area (Å²) in [6.45, 7) is 7.12. The van der Waals surface area contributed by atoms with Crippen molar-refractivity contribution in [1.29, 1.82) is 0 Å². The lowest BCUT2D eigenvalue weighted by Gasteiger charge is -2.37. The number of hydrogen-bond acceptors (Lipinski definition) is 4. The number of piperazine rings is 1. The van der Waals surface area contributed by atoms with Crippen molar-refractivity contribution in [1.82, 2.24) is 9.80 Å². The lowest BCUT2D eigenvalue weighted by atomic mass is 10.1. The van der Waals surface area contributed by atoms with Crippen molar-refractivity contribution in [3.8, 4) is 0 Å². The van der Waals surface area contributed by atoms with Crippen molar-refractivity contribution >= 4 is 23.2 Å². The minimum absolute atomic E-state index is 0.0218. The zero-order chi connectivity index (χ0) is 21.5. The van der Waals surface area contributed by atoms with E-state index >= 15 is 0 Å². The van der Waals surface area contributed by atoms with Gasteiger partial charge in [-0.25, -0.2) is 4.39 Å². The van der Waals surface area contributed by atoms with Crippen LogP contribution in [0.2, 0.25) is 0 Å². The first-order valence-electron chi connectivity index (χ1n) is 10.4. The molecule has 30 heavy (non-hydrogen) atoms. The molecule has 6 nitrogen and oxygen atoms in total. The fourth-order valence-corrected chi connectivity index (χ4v) is 3.60. The topological polar surface area (TPSA) is 64.7 Å². The van der Waals surface area contributed by atoms with Gasteiger partial charge in [0.1, 0.15) is 5.82 Å². The Hall–Kier alpha value is -2.77. The van der Waals surface area contributed by atoms with Crippen LogP contribution in [0.15, 0.2) is 48.5 Å². The average molecular weight is 413 g/mol. The Kier molecular flexibility index (Phi) is 7.54. The van der Waals surface area contributed by atoms with Crippen molar-refractivity contribution < 1.29 is 14.0 Å². The summed E-state index contributed by atoms with van der Waals surface area (Å²) in [7, 11) is 0. The van der Waals surface area contributed by atoms with Gasteiger partial charge in [0.15, 0.2) is 0 Å². The second-order valence-electron chi connectivity index (χ2n) is 7.54. The van der Waals surface area contributed by atoms with E-state index in [-0.39, 0.29) is 23.7 Å². The number of halogens is 1. The maximum atomic E-state index is 13.0. The fourth-order valence-electron chi connectivity index (χ4n) is 3.60. The molecule has 0 bridgehead atoms. The maximum absolute atomic E-state index is 13.0. The third-order valence-corrected chi connectivity index (χ3v) is 5.49. The van der Waals surface area contributed by atoms with Gasteiger partial charge in [-0.2, -0.15) is 0 Å². The number of para-hydroxylation sites is 1. The van der Waals surface area contributed by atoms with E-state index in [2.05, 4.69) is 27.4 Å². The van der Waals surface area contributed by atoms with Gasteiger partial charge in [0.25, 0.3) is 0 Å². The second kappa shape index (κ2) is 10.3. The van der Waals surface area contributed by atoms with E-state index in [9.17, 15) is 14.0 Å². The first-order chi connectivity index (χ1) is 14.5. The molecule has 1 aliphatic heterocycles. The zero-order valence-electron chi connectivity index (χ0n) is 17.5. The number of amides is 2. The number of nitrogens with one attached hydrogen (secondary N) is 2. The first-order valence-corrected chi connectivity index (χ1v) is 10.4. The molecule has 1 fully saturated rings. The summed E-state index contributed by atoms with van der Waals surface area (Å²) in [6, 6.07) is 13.3. The minimum Gasteiger partial charge on any atom is -0.325 e. The van der Waals surface area contributed by atoms with Crippen LogP contribution in [0.25, 0.3) is 0 Å². The quantitative estimate of drug-likeness (QED) is 0.734. The molecule has 0 spiro atoms. The lowest BCUT2D eigenvalue weighted by Crippen LogP contribution is -2.53. The molecule has 2 aromatic rings. The number of benzene rings is 2. The summed E-state index contributed by atoms with van der Waals surface area (Å²) >= 11 is 0. The van der Waals surface area contributed by atoms with Crippen LogP contribution in [0.4, 0.5) is 15.8 Å². The normalized spacial score (nSPS) is 16.1. The van der Waals surface area contributed by atoms with Crippen LogP contribution in [0.3, 0.4) is 0 Å². The number of carbonyl (C=O) groups excluding carboxylic acids is 2. The zero-order valence-corrected chi connectivity index (χ0v) is 17.5. The van der Waals surface area contributed by atoms with E-state index < -0.39 is 0 Å². The molecule has 0 unspecified atom stereocenters. The van der Waals surface area contributed by atoms with Crippen LogP contribution in [0, 0.1) is 5.82 Å². The van der Waals surface area contributed by atoms with Crippen LogP contribution >= 0.6 is 0 Å². The number of carbonyl (C=O) groups is 2. The monoisotopic (exact) mass is 412 g/mol. The van der Waals surface area contributed by atoms with Crippen LogP contribution in [0.1, 0.15) is 19.4 Å². The van der Waals surface area contributed by atoms with Crippen molar-refractivity contribution in [2.45, 2.75) is 26.3 Å².